The summed E-state index contributed by atoms with van der Waals surface area (Å²) < 4.78 is 10.6. The highest BCUT2D eigenvalue weighted by Gasteiger charge is 2.12. The Labute approximate surface area is 86.0 Å². The van der Waals surface area contributed by atoms with Crippen molar-refractivity contribution in [3.63, 3.8) is 0 Å². The normalized spacial score (nSPS) is 20.4. The van der Waals surface area contributed by atoms with E-state index in [1.807, 2.05) is 0 Å². The van der Waals surface area contributed by atoms with Gasteiger partial charge in [-0.25, -0.2) is 0 Å². The summed E-state index contributed by atoms with van der Waals surface area (Å²) in [6.07, 6.45) is 13.5. The number of rotatable bonds is 3. The van der Waals surface area contributed by atoms with Crippen molar-refractivity contribution in [1.82, 2.24) is 0 Å². The van der Waals surface area contributed by atoms with Crippen LogP contribution in [0.15, 0.2) is 0 Å². The highest BCUT2D eigenvalue weighted by atomic mass is 16.7. The van der Waals surface area contributed by atoms with Gasteiger partial charge in [-0.2, -0.15) is 0 Å². The number of hydrogen-bond donors (Lipinski definition) is 0. The monoisotopic (exact) mass is 192 g/mol. The van der Waals surface area contributed by atoms with Crippen molar-refractivity contribution in [2.75, 3.05) is 6.61 Å². The van der Waals surface area contributed by atoms with Crippen LogP contribution >= 0.6 is 0 Å². The maximum Gasteiger partial charge on any atom is 0.210 e. The fraction of sp³-hybridized carbons (Fsp3) is 0.667. The molecule has 0 aromatic heterocycles. The van der Waals surface area contributed by atoms with Crippen molar-refractivity contribution in [1.29, 1.82) is 0 Å². The first-order valence-electron chi connectivity index (χ1n) is 5.12. The van der Waals surface area contributed by atoms with E-state index in [0.29, 0.717) is 0 Å². The van der Waals surface area contributed by atoms with Gasteiger partial charge in [0.1, 0.15) is 6.11 Å². The second-order valence-corrected chi connectivity index (χ2v) is 3.25. The Morgan fingerprint density at radius 3 is 3.00 bits per heavy atom. The van der Waals surface area contributed by atoms with Gasteiger partial charge in [-0.05, 0) is 19.3 Å². The molecule has 0 radical (unpaired) electrons. The number of terminal acetylenes is 1. The Kier molecular flexibility index (Phi) is 5.71. The third-order valence-corrected chi connectivity index (χ3v) is 2.02. The lowest BCUT2D eigenvalue weighted by Gasteiger charge is -2.19. The van der Waals surface area contributed by atoms with Crippen LogP contribution in [0.25, 0.3) is 0 Å². The summed E-state index contributed by atoms with van der Waals surface area (Å²) in [6.45, 7) is 0.795. The lowest BCUT2D eigenvalue weighted by atomic mass is 10.2. The highest BCUT2D eigenvalue weighted by Crippen LogP contribution is 2.12. The van der Waals surface area contributed by atoms with Gasteiger partial charge >= 0.3 is 0 Å². The van der Waals surface area contributed by atoms with Gasteiger partial charge in [0.15, 0.2) is 0 Å². The molecule has 1 aliphatic rings. The molecule has 1 heterocycles. The SMILES string of the molecule is C#CCCCC#COC1CCCCO1. The fourth-order valence-electron chi connectivity index (χ4n) is 1.24. The zero-order valence-electron chi connectivity index (χ0n) is 8.42. The highest BCUT2D eigenvalue weighted by molar-refractivity contribution is 4.93. The van der Waals surface area contributed by atoms with Crippen LogP contribution < -0.4 is 0 Å². The van der Waals surface area contributed by atoms with Gasteiger partial charge < -0.3 is 9.47 Å². The first kappa shape index (κ1) is 11.0. The van der Waals surface area contributed by atoms with Gasteiger partial charge in [0.2, 0.25) is 6.29 Å². The predicted molar refractivity (Wildman–Crippen MR) is 55.1 cm³/mol. The molecular weight excluding hydrogens is 176 g/mol. The Bertz CT molecular complexity index is 235. The molecule has 1 aliphatic heterocycles. The van der Waals surface area contributed by atoms with Crippen LogP contribution in [0.3, 0.4) is 0 Å². The Balaban J connectivity index is 2.03. The van der Waals surface area contributed by atoms with E-state index in [0.717, 1.165) is 38.7 Å². The summed E-state index contributed by atoms with van der Waals surface area (Å²) >= 11 is 0. The average molecular weight is 192 g/mol. The second-order valence-electron chi connectivity index (χ2n) is 3.25. The summed E-state index contributed by atoms with van der Waals surface area (Å²) in [4.78, 5) is 0. The molecule has 0 amide bonds. The average Bonchev–Trinajstić information content (AvgIpc) is 2.25. The zero-order valence-corrected chi connectivity index (χ0v) is 8.42. The van der Waals surface area contributed by atoms with Crippen molar-refractivity contribution < 1.29 is 9.47 Å². The minimum Gasteiger partial charge on any atom is -0.414 e. The van der Waals surface area contributed by atoms with E-state index < -0.39 is 0 Å². The van der Waals surface area contributed by atoms with E-state index in [2.05, 4.69) is 17.9 Å². The molecule has 2 nitrogen and oxygen atoms in total. The first-order chi connectivity index (χ1) is 6.93. The number of ether oxygens (including phenoxy) is 2. The van der Waals surface area contributed by atoms with Crippen molar-refractivity contribution in [2.24, 2.45) is 0 Å². The molecule has 76 valence electrons. The Morgan fingerprint density at radius 2 is 2.29 bits per heavy atom. The molecule has 1 fully saturated rings. The first-order valence-corrected chi connectivity index (χ1v) is 5.12. The lowest BCUT2D eigenvalue weighted by Crippen LogP contribution is -2.20. The standard InChI is InChI=1S/C12H16O2/c1-2-3-4-5-7-10-13-12-9-6-8-11-14-12/h1,12H,3-6,8-9,11H2. The van der Waals surface area contributed by atoms with E-state index >= 15 is 0 Å². The molecule has 1 rings (SSSR count). The van der Waals surface area contributed by atoms with Crippen molar-refractivity contribution in [2.45, 2.75) is 44.8 Å². The zero-order chi connectivity index (χ0) is 10.1. The largest absolute Gasteiger partial charge is 0.414 e. The van der Waals surface area contributed by atoms with Gasteiger partial charge in [0.05, 0.1) is 6.61 Å². The molecule has 14 heavy (non-hydrogen) atoms. The molecule has 0 N–H and O–H groups in total. The quantitative estimate of drug-likeness (QED) is 0.504. The maximum atomic E-state index is 5.35. The van der Waals surface area contributed by atoms with Gasteiger partial charge in [0, 0.05) is 19.3 Å². The van der Waals surface area contributed by atoms with Crippen molar-refractivity contribution >= 4 is 0 Å². The van der Waals surface area contributed by atoms with Crippen molar-refractivity contribution in [3.05, 3.63) is 0 Å². The van der Waals surface area contributed by atoms with E-state index in [-0.39, 0.29) is 6.29 Å². The lowest BCUT2D eigenvalue weighted by molar-refractivity contribution is -0.121. The topological polar surface area (TPSA) is 18.5 Å². The van der Waals surface area contributed by atoms with Gasteiger partial charge in [-0.15, -0.1) is 12.3 Å². The fourth-order valence-corrected chi connectivity index (χ4v) is 1.24. The Hall–Kier alpha value is -1.12. The smallest absolute Gasteiger partial charge is 0.210 e. The summed E-state index contributed by atoms with van der Waals surface area (Å²) in [5, 5.41) is 0. The van der Waals surface area contributed by atoms with Crippen LogP contribution in [0.4, 0.5) is 0 Å². The number of unbranched alkanes of at least 4 members (excludes halogenated alkanes) is 2. The minimum absolute atomic E-state index is 0.108. The molecule has 1 atom stereocenters. The molecule has 1 unspecified atom stereocenters. The molecule has 0 saturated carbocycles. The predicted octanol–water partition coefficient (Wildman–Crippen LogP) is 2.29. The molecule has 0 aromatic rings. The van der Waals surface area contributed by atoms with Crippen LogP contribution in [0.1, 0.15) is 38.5 Å². The third kappa shape index (κ3) is 4.80. The van der Waals surface area contributed by atoms with Crippen LogP contribution in [-0.4, -0.2) is 12.9 Å². The van der Waals surface area contributed by atoms with Crippen LogP contribution in [0.2, 0.25) is 0 Å². The van der Waals surface area contributed by atoms with E-state index in [1.165, 1.54) is 6.42 Å². The van der Waals surface area contributed by atoms with Gasteiger partial charge in [-0.3, -0.25) is 0 Å². The summed E-state index contributed by atoms with van der Waals surface area (Å²) in [6, 6.07) is 0. The van der Waals surface area contributed by atoms with Gasteiger partial charge in [-0.1, -0.05) is 5.92 Å². The van der Waals surface area contributed by atoms with Crippen LogP contribution in [0, 0.1) is 24.4 Å². The van der Waals surface area contributed by atoms with Crippen LogP contribution in [-0.2, 0) is 9.47 Å². The minimum atomic E-state index is -0.108. The van der Waals surface area contributed by atoms with Crippen LogP contribution in [0.5, 0.6) is 0 Å². The van der Waals surface area contributed by atoms with E-state index in [1.54, 1.807) is 0 Å². The Morgan fingerprint density at radius 1 is 1.36 bits per heavy atom. The van der Waals surface area contributed by atoms with E-state index in [4.69, 9.17) is 15.9 Å². The van der Waals surface area contributed by atoms with E-state index in [9.17, 15) is 0 Å². The summed E-state index contributed by atoms with van der Waals surface area (Å²) in [5.74, 6) is 5.49. The summed E-state index contributed by atoms with van der Waals surface area (Å²) in [5.41, 5.74) is 0. The number of hydrogen-bond acceptors (Lipinski definition) is 2. The third-order valence-electron chi connectivity index (χ3n) is 2.02. The molecular formula is C12H16O2. The summed E-state index contributed by atoms with van der Waals surface area (Å²) in [7, 11) is 0. The van der Waals surface area contributed by atoms with Crippen molar-refractivity contribution in [3.8, 4) is 24.4 Å². The maximum absolute atomic E-state index is 5.35. The molecule has 0 bridgehead atoms. The molecule has 0 aliphatic carbocycles. The molecule has 2 heteroatoms. The molecule has 1 saturated heterocycles. The second kappa shape index (κ2) is 7.30. The molecule has 0 aromatic carbocycles. The molecule has 0 spiro atoms. The van der Waals surface area contributed by atoms with Gasteiger partial charge in [0.25, 0.3) is 0 Å².